The average Bonchev–Trinajstić information content (AvgIpc) is 3.07. The summed E-state index contributed by atoms with van der Waals surface area (Å²) in [6, 6.07) is -0.391. The van der Waals surface area contributed by atoms with Gasteiger partial charge in [0.15, 0.2) is 5.82 Å². The van der Waals surface area contributed by atoms with Crippen molar-refractivity contribution >= 4 is 11.8 Å². The molecule has 2 amide bonds. The van der Waals surface area contributed by atoms with Crippen LogP contribution in [-0.4, -0.2) is 74.3 Å². The van der Waals surface area contributed by atoms with Crippen LogP contribution in [0.5, 0.6) is 0 Å². The summed E-state index contributed by atoms with van der Waals surface area (Å²) in [6.07, 6.45) is -4.56. The van der Waals surface area contributed by atoms with E-state index in [1.54, 1.807) is 11.8 Å². The summed E-state index contributed by atoms with van der Waals surface area (Å²) < 4.78 is 43.7. The molecule has 26 heavy (non-hydrogen) atoms. The first-order valence-electron chi connectivity index (χ1n) is 8.16. The normalized spacial score (nSPS) is 25.3. The van der Waals surface area contributed by atoms with Crippen LogP contribution in [0, 0.1) is 12.8 Å². The van der Waals surface area contributed by atoms with Crippen molar-refractivity contribution in [3.05, 3.63) is 11.7 Å². The standard InChI is InChI=1S/C15H19F3N4O4/c1-8-19-11(26-20-8)4-12(23)22-6-9-3-10(22)7-21(5-9)13(24)14(2,25)15(16,17)18/h9-10,25H,3-7H2,1-2H3. The Bertz CT molecular complexity index is 718. The summed E-state index contributed by atoms with van der Waals surface area (Å²) in [7, 11) is 0. The van der Waals surface area contributed by atoms with E-state index < -0.39 is 23.7 Å². The van der Waals surface area contributed by atoms with Gasteiger partial charge >= 0.3 is 6.18 Å². The van der Waals surface area contributed by atoms with E-state index in [1.165, 1.54) is 0 Å². The van der Waals surface area contributed by atoms with E-state index in [0.717, 1.165) is 4.90 Å². The Kier molecular flexibility index (Phi) is 4.45. The second-order valence-electron chi connectivity index (χ2n) is 6.99. The van der Waals surface area contributed by atoms with Gasteiger partial charge in [0.1, 0.15) is 6.42 Å². The summed E-state index contributed by atoms with van der Waals surface area (Å²) in [4.78, 5) is 31.1. The Labute approximate surface area is 146 Å². The highest BCUT2D eigenvalue weighted by Crippen LogP contribution is 2.35. The summed E-state index contributed by atoms with van der Waals surface area (Å²) in [6.45, 7) is 2.44. The number of halogens is 3. The van der Waals surface area contributed by atoms with Crippen molar-refractivity contribution < 1.29 is 32.4 Å². The number of hydrogen-bond donors (Lipinski definition) is 1. The number of nitrogens with zero attached hydrogens (tertiary/aromatic N) is 4. The number of aromatic nitrogens is 2. The van der Waals surface area contributed by atoms with Crippen molar-refractivity contribution in [2.45, 2.75) is 44.5 Å². The van der Waals surface area contributed by atoms with Crippen LogP contribution >= 0.6 is 0 Å². The molecule has 2 saturated heterocycles. The van der Waals surface area contributed by atoms with Gasteiger partial charge in [-0.3, -0.25) is 9.59 Å². The smallest absolute Gasteiger partial charge is 0.373 e. The van der Waals surface area contributed by atoms with Crippen LogP contribution in [0.15, 0.2) is 4.52 Å². The lowest BCUT2D eigenvalue weighted by atomic mass is 9.96. The van der Waals surface area contributed by atoms with E-state index in [2.05, 4.69) is 10.1 Å². The molecule has 1 N–H and O–H groups in total. The van der Waals surface area contributed by atoms with E-state index in [0.29, 0.717) is 25.7 Å². The molecular weight excluding hydrogens is 357 g/mol. The maximum Gasteiger partial charge on any atom is 0.426 e. The minimum Gasteiger partial charge on any atom is -0.373 e. The van der Waals surface area contributed by atoms with Crippen molar-refractivity contribution in [1.82, 2.24) is 19.9 Å². The Balaban J connectivity index is 1.68. The van der Waals surface area contributed by atoms with Crippen LogP contribution in [0.25, 0.3) is 0 Å². The number of amides is 2. The Hall–Kier alpha value is -2.17. The number of hydrogen-bond acceptors (Lipinski definition) is 6. The van der Waals surface area contributed by atoms with Crippen molar-refractivity contribution in [2.24, 2.45) is 5.92 Å². The Morgan fingerprint density at radius 3 is 2.58 bits per heavy atom. The molecule has 2 aliphatic rings. The third-order valence-corrected chi connectivity index (χ3v) is 4.86. The van der Waals surface area contributed by atoms with E-state index in [9.17, 15) is 27.9 Å². The van der Waals surface area contributed by atoms with Crippen LogP contribution in [0.3, 0.4) is 0 Å². The molecule has 3 heterocycles. The van der Waals surface area contributed by atoms with E-state index in [4.69, 9.17) is 4.52 Å². The lowest BCUT2D eigenvalue weighted by Gasteiger charge is -2.37. The van der Waals surface area contributed by atoms with Gasteiger partial charge in [-0.25, -0.2) is 0 Å². The number of piperidine rings is 1. The van der Waals surface area contributed by atoms with Gasteiger partial charge in [0.2, 0.25) is 17.4 Å². The average molecular weight is 376 g/mol. The van der Waals surface area contributed by atoms with E-state index in [1.807, 2.05) is 0 Å². The zero-order chi connectivity index (χ0) is 19.3. The fraction of sp³-hybridized carbons (Fsp3) is 0.733. The molecule has 2 fully saturated rings. The maximum atomic E-state index is 12.9. The number of carbonyl (C=O) groups is 2. The third-order valence-electron chi connectivity index (χ3n) is 4.86. The number of likely N-dealkylation sites (tertiary alicyclic amines) is 2. The SMILES string of the molecule is Cc1noc(CC(=O)N2CC3CC2CN(C(=O)C(C)(O)C(F)(F)F)C3)n1. The fourth-order valence-electron chi connectivity index (χ4n) is 3.50. The maximum absolute atomic E-state index is 12.9. The third kappa shape index (κ3) is 3.27. The van der Waals surface area contributed by atoms with Crippen LogP contribution in [0.1, 0.15) is 25.1 Å². The lowest BCUT2D eigenvalue weighted by molar-refractivity contribution is -0.250. The molecule has 0 aromatic carbocycles. The molecule has 8 nitrogen and oxygen atoms in total. The molecule has 0 spiro atoms. The molecule has 3 atom stereocenters. The van der Waals surface area contributed by atoms with Crippen molar-refractivity contribution in [1.29, 1.82) is 0 Å². The Morgan fingerprint density at radius 1 is 1.31 bits per heavy atom. The first-order chi connectivity index (χ1) is 12.0. The van der Waals surface area contributed by atoms with E-state index in [-0.39, 0.29) is 37.2 Å². The molecule has 11 heteroatoms. The topological polar surface area (TPSA) is 99.8 Å². The number of aliphatic hydroxyl groups is 1. The van der Waals surface area contributed by atoms with Gasteiger partial charge in [0.05, 0.1) is 0 Å². The molecule has 3 rings (SSSR count). The second kappa shape index (κ2) is 6.22. The predicted molar refractivity (Wildman–Crippen MR) is 79.6 cm³/mol. The molecule has 1 aromatic rings. The fourth-order valence-corrected chi connectivity index (χ4v) is 3.50. The number of aryl methyl sites for hydroxylation is 1. The van der Waals surface area contributed by atoms with Crippen molar-refractivity contribution in [3.8, 4) is 0 Å². The highest BCUT2D eigenvalue weighted by molar-refractivity contribution is 5.86. The van der Waals surface area contributed by atoms with Crippen molar-refractivity contribution in [3.63, 3.8) is 0 Å². The molecule has 3 unspecified atom stereocenters. The summed E-state index contributed by atoms with van der Waals surface area (Å²) >= 11 is 0. The number of fused-ring (bicyclic) bond motifs is 2. The summed E-state index contributed by atoms with van der Waals surface area (Å²) in [5.41, 5.74) is -3.44. The molecule has 1 aromatic heterocycles. The van der Waals surface area contributed by atoms with Crippen LogP contribution in [-0.2, 0) is 16.0 Å². The minimum atomic E-state index is -5.06. The van der Waals surface area contributed by atoms with Gasteiger partial charge < -0.3 is 19.4 Å². The van der Waals surface area contributed by atoms with Gasteiger partial charge in [-0.15, -0.1) is 0 Å². The monoisotopic (exact) mass is 376 g/mol. The molecule has 0 aliphatic carbocycles. The zero-order valence-electron chi connectivity index (χ0n) is 14.3. The molecule has 0 radical (unpaired) electrons. The molecule has 2 bridgehead atoms. The number of carbonyl (C=O) groups excluding carboxylic acids is 2. The molecule has 2 aliphatic heterocycles. The van der Waals surface area contributed by atoms with Gasteiger partial charge in [-0.2, -0.15) is 18.2 Å². The highest BCUT2D eigenvalue weighted by atomic mass is 19.4. The molecular formula is C15H19F3N4O4. The van der Waals surface area contributed by atoms with Crippen LogP contribution in [0.2, 0.25) is 0 Å². The first-order valence-corrected chi connectivity index (χ1v) is 8.16. The highest BCUT2D eigenvalue weighted by Gasteiger charge is 2.58. The summed E-state index contributed by atoms with van der Waals surface area (Å²) in [5.74, 6) is -1.23. The van der Waals surface area contributed by atoms with Crippen LogP contribution < -0.4 is 0 Å². The predicted octanol–water partition coefficient (Wildman–Crippen LogP) is 0.293. The molecule has 144 valence electrons. The molecule has 0 saturated carbocycles. The van der Waals surface area contributed by atoms with Gasteiger partial charge in [0, 0.05) is 25.7 Å². The lowest BCUT2D eigenvalue weighted by Crippen LogP contribution is -2.59. The van der Waals surface area contributed by atoms with E-state index >= 15 is 0 Å². The quantitative estimate of drug-likeness (QED) is 0.814. The zero-order valence-corrected chi connectivity index (χ0v) is 14.3. The number of rotatable bonds is 3. The largest absolute Gasteiger partial charge is 0.426 e. The van der Waals surface area contributed by atoms with Gasteiger partial charge in [-0.05, 0) is 26.2 Å². The second-order valence-corrected chi connectivity index (χ2v) is 6.99. The number of alkyl halides is 3. The minimum absolute atomic E-state index is 0.0455. The van der Waals surface area contributed by atoms with Crippen LogP contribution in [0.4, 0.5) is 13.2 Å². The van der Waals surface area contributed by atoms with Crippen molar-refractivity contribution in [2.75, 3.05) is 19.6 Å². The van der Waals surface area contributed by atoms with Gasteiger partial charge in [-0.1, -0.05) is 5.16 Å². The summed E-state index contributed by atoms with van der Waals surface area (Å²) in [5, 5.41) is 13.2. The first kappa shape index (κ1) is 18.6. The van der Waals surface area contributed by atoms with Gasteiger partial charge in [0.25, 0.3) is 5.91 Å². The Morgan fingerprint density at radius 2 is 2.00 bits per heavy atom.